The Balaban J connectivity index is 2.27. The van der Waals surface area contributed by atoms with Crippen molar-refractivity contribution in [1.29, 1.82) is 0 Å². The SMILES string of the molecule is Cc1ccc(S(=O)(=O)c2cc3cc(O)c(O)cc3oc2=O)cc1. The number of aryl methyl sites for hydroxylation is 1. The maximum Gasteiger partial charge on any atom is 0.355 e. The lowest BCUT2D eigenvalue weighted by molar-refractivity contribution is 0.403. The summed E-state index contributed by atoms with van der Waals surface area (Å²) in [6.07, 6.45) is 0. The summed E-state index contributed by atoms with van der Waals surface area (Å²) in [6.45, 7) is 1.82. The molecule has 0 amide bonds. The molecule has 0 fully saturated rings. The van der Waals surface area contributed by atoms with Gasteiger partial charge in [-0.05, 0) is 31.2 Å². The highest BCUT2D eigenvalue weighted by atomic mass is 32.2. The summed E-state index contributed by atoms with van der Waals surface area (Å²) in [6, 6.07) is 9.36. The van der Waals surface area contributed by atoms with E-state index < -0.39 is 31.9 Å². The third kappa shape index (κ3) is 2.55. The summed E-state index contributed by atoms with van der Waals surface area (Å²) in [5.74, 6) is -0.903. The van der Waals surface area contributed by atoms with Crippen LogP contribution in [0.3, 0.4) is 0 Å². The highest BCUT2D eigenvalue weighted by Crippen LogP contribution is 2.31. The van der Waals surface area contributed by atoms with Gasteiger partial charge in [0.2, 0.25) is 9.84 Å². The molecule has 0 aliphatic heterocycles. The number of hydrogen-bond acceptors (Lipinski definition) is 6. The predicted octanol–water partition coefficient (Wildman–Crippen LogP) is 2.35. The van der Waals surface area contributed by atoms with Crippen LogP contribution in [-0.2, 0) is 9.84 Å². The smallest absolute Gasteiger partial charge is 0.355 e. The Bertz CT molecular complexity index is 1060. The van der Waals surface area contributed by atoms with E-state index in [-0.39, 0.29) is 15.9 Å². The molecule has 2 aromatic carbocycles. The summed E-state index contributed by atoms with van der Waals surface area (Å²) in [4.78, 5) is 11.5. The number of fused-ring (bicyclic) bond motifs is 1. The zero-order valence-corrected chi connectivity index (χ0v) is 12.8. The molecule has 3 rings (SSSR count). The molecule has 118 valence electrons. The summed E-state index contributed by atoms with van der Waals surface area (Å²) in [7, 11) is -4.05. The fourth-order valence-electron chi connectivity index (χ4n) is 2.16. The summed E-state index contributed by atoms with van der Waals surface area (Å²) in [5, 5.41) is 19.1. The minimum absolute atomic E-state index is 0.0202. The molecule has 0 aliphatic rings. The molecule has 7 heteroatoms. The van der Waals surface area contributed by atoms with Crippen molar-refractivity contribution in [3.63, 3.8) is 0 Å². The Hall–Kier alpha value is -2.80. The van der Waals surface area contributed by atoms with E-state index in [2.05, 4.69) is 0 Å². The molecular weight excluding hydrogens is 320 g/mol. The fraction of sp³-hybridized carbons (Fsp3) is 0.0625. The van der Waals surface area contributed by atoms with Crippen LogP contribution in [-0.4, -0.2) is 18.6 Å². The summed E-state index contributed by atoms with van der Waals surface area (Å²) >= 11 is 0. The molecule has 0 unspecified atom stereocenters. The van der Waals surface area contributed by atoms with E-state index in [9.17, 15) is 23.4 Å². The van der Waals surface area contributed by atoms with Crippen molar-refractivity contribution in [2.45, 2.75) is 16.7 Å². The van der Waals surface area contributed by atoms with E-state index in [1.807, 2.05) is 6.92 Å². The van der Waals surface area contributed by atoms with Gasteiger partial charge in [-0.3, -0.25) is 0 Å². The van der Waals surface area contributed by atoms with Crippen molar-refractivity contribution in [3.8, 4) is 11.5 Å². The number of sulfone groups is 1. The van der Waals surface area contributed by atoms with Gasteiger partial charge in [-0.1, -0.05) is 17.7 Å². The lowest BCUT2D eigenvalue weighted by atomic mass is 10.2. The van der Waals surface area contributed by atoms with Crippen LogP contribution in [0.15, 0.2) is 61.5 Å². The van der Waals surface area contributed by atoms with Crippen LogP contribution in [0.4, 0.5) is 0 Å². The molecule has 1 heterocycles. The quantitative estimate of drug-likeness (QED) is 0.551. The second-order valence-electron chi connectivity index (χ2n) is 5.09. The van der Waals surface area contributed by atoms with Crippen molar-refractivity contribution in [2.75, 3.05) is 0 Å². The molecule has 0 radical (unpaired) electrons. The molecule has 0 saturated carbocycles. The first-order chi connectivity index (χ1) is 10.8. The molecule has 0 atom stereocenters. The molecule has 2 N–H and O–H groups in total. The number of benzene rings is 2. The van der Waals surface area contributed by atoms with Crippen LogP contribution < -0.4 is 5.63 Å². The monoisotopic (exact) mass is 332 g/mol. The standard InChI is InChI=1S/C16H12O6S/c1-9-2-4-11(5-3-9)23(20,21)15-7-10-6-12(17)13(18)8-14(10)22-16(15)19/h2-8,17-18H,1H3. The number of phenols is 2. The van der Waals surface area contributed by atoms with Crippen LogP contribution >= 0.6 is 0 Å². The molecule has 0 aliphatic carbocycles. The topological polar surface area (TPSA) is 105 Å². The lowest BCUT2D eigenvalue weighted by Gasteiger charge is -2.06. The van der Waals surface area contributed by atoms with Gasteiger partial charge in [0.1, 0.15) is 5.58 Å². The molecule has 0 bridgehead atoms. The normalized spacial score (nSPS) is 11.7. The maximum atomic E-state index is 12.6. The van der Waals surface area contributed by atoms with Crippen molar-refractivity contribution < 1.29 is 23.0 Å². The first kappa shape index (κ1) is 15.1. The molecule has 0 saturated heterocycles. The third-order valence-corrected chi connectivity index (χ3v) is 5.17. The zero-order valence-electron chi connectivity index (χ0n) is 12.0. The van der Waals surface area contributed by atoms with Gasteiger partial charge >= 0.3 is 5.63 Å². The van der Waals surface area contributed by atoms with Gasteiger partial charge in [0.25, 0.3) is 0 Å². The van der Waals surface area contributed by atoms with E-state index >= 15 is 0 Å². The van der Waals surface area contributed by atoms with Gasteiger partial charge in [0, 0.05) is 11.5 Å². The highest BCUT2D eigenvalue weighted by molar-refractivity contribution is 7.91. The number of hydrogen-bond donors (Lipinski definition) is 2. The third-order valence-electron chi connectivity index (χ3n) is 3.42. The van der Waals surface area contributed by atoms with Gasteiger partial charge in [0.05, 0.1) is 4.90 Å². The minimum atomic E-state index is -4.05. The fourth-order valence-corrected chi connectivity index (χ4v) is 3.45. The van der Waals surface area contributed by atoms with E-state index in [0.29, 0.717) is 0 Å². The van der Waals surface area contributed by atoms with Crippen molar-refractivity contribution in [3.05, 3.63) is 58.4 Å². The zero-order chi connectivity index (χ0) is 16.8. The van der Waals surface area contributed by atoms with Crippen LogP contribution in [0.5, 0.6) is 11.5 Å². The molecule has 3 aromatic rings. The largest absolute Gasteiger partial charge is 0.504 e. The average Bonchev–Trinajstić information content (AvgIpc) is 2.49. The van der Waals surface area contributed by atoms with E-state index in [1.54, 1.807) is 12.1 Å². The molecule has 6 nitrogen and oxygen atoms in total. The van der Waals surface area contributed by atoms with Crippen LogP contribution in [0.2, 0.25) is 0 Å². The van der Waals surface area contributed by atoms with E-state index in [4.69, 9.17) is 4.42 Å². The molecule has 1 aromatic heterocycles. The highest BCUT2D eigenvalue weighted by Gasteiger charge is 2.23. The van der Waals surface area contributed by atoms with Gasteiger partial charge < -0.3 is 14.6 Å². The Kier molecular flexibility index (Phi) is 3.37. The second kappa shape index (κ2) is 5.13. The van der Waals surface area contributed by atoms with E-state index in [1.165, 1.54) is 12.1 Å². The summed E-state index contributed by atoms with van der Waals surface area (Å²) in [5.41, 5.74) is -0.175. The number of rotatable bonds is 2. The van der Waals surface area contributed by atoms with Gasteiger partial charge in [-0.15, -0.1) is 0 Å². The molecule has 23 heavy (non-hydrogen) atoms. The lowest BCUT2D eigenvalue weighted by Crippen LogP contribution is -2.14. The average molecular weight is 332 g/mol. The second-order valence-corrected chi connectivity index (χ2v) is 7.01. The number of phenolic OH excluding ortho intramolecular Hbond substituents is 2. The van der Waals surface area contributed by atoms with Crippen molar-refractivity contribution in [1.82, 2.24) is 0 Å². The van der Waals surface area contributed by atoms with Crippen molar-refractivity contribution in [2.24, 2.45) is 0 Å². The minimum Gasteiger partial charge on any atom is -0.504 e. The Morgan fingerprint density at radius 1 is 0.957 bits per heavy atom. The van der Waals surface area contributed by atoms with E-state index in [0.717, 1.165) is 23.8 Å². The Labute approximate surface area is 131 Å². The Morgan fingerprint density at radius 2 is 1.57 bits per heavy atom. The van der Waals surface area contributed by atoms with Crippen molar-refractivity contribution >= 4 is 20.8 Å². The first-order valence-electron chi connectivity index (χ1n) is 6.60. The predicted molar refractivity (Wildman–Crippen MR) is 82.4 cm³/mol. The summed E-state index contributed by atoms with van der Waals surface area (Å²) < 4.78 is 30.1. The van der Waals surface area contributed by atoms with Gasteiger partial charge in [0.15, 0.2) is 16.4 Å². The van der Waals surface area contributed by atoms with Crippen LogP contribution in [0, 0.1) is 6.92 Å². The maximum absolute atomic E-state index is 12.6. The van der Waals surface area contributed by atoms with Gasteiger partial charge in [-0.25, -0.2) is 13.2 Å². The van der Waals surface area contributed by atoms with Crippen LogP contribution in [0.25, 0.3) is 11.0 Å². The van der Waals surface area contributed by atoms with Gasteiger partial charge in [-0.2, -0.15) is 0 Å². The van der Waals surface area contributed by atoms with Crippen LogP contribution in [0.1, 0.15) is 5.56 Å². The molecular formula is C16H12O6S. The Morgan fingerprint density at radius 3 is 2.22 bits per heavy atom. The molecule has 0 spiro atoms. The first-order valence-corrected chi connectivity index (χ1v) is 8.09. The number of aromatic hydroxyl groups is 2.